The second-order valence-electron chi connectivity index (χ2n) is 6.86. The Kier molecular flexibility index (Phi) is 4.64. The lowest BCUT2D eigenvalue weighted by atomic mass is 10.1. The standard InChI is InChI=1S/C19H21N7O2/c1-25-11-15-13(24-25)8-9-14(19(28)26(15)2)20-18(27)17-21-16(22-23-17)10-12-6-4-3-5-7-12/h3-7,11,14H,8-10H2,1-2H3,(H,20,27)(H,21,22,23). The number of aromatic amines is 1. The Balaban J connectivity index is 1.44. The molecule has 3 heterocycles. The van der Waals surface area contributed by atoms with Crippen molar-refractivity contribution in [3.05, 3.63) is 59.4 Å². The van der Waals surface area contributed by atoms with E-state index < -0.39 is 11.9 Å². The number of carbonyl (C=O) groups excluding carboxylic acids is 2. The third kappa shape index (κ3) is 3.51. The zero-order chi connectivity index (χ0) is 19.7. The Morgan fingerprint density at radius 3 is 2.86 bits per heavy atom. The smallest absolute Gasteiger partial charge is 0.291 e. The van der Waals surface area contributed by atoms with Crippen LogP contribution in [0.2, 0.25) is 0 Å². The van der Waals surface area contributed by atoms with Crippen LogP contribution in [0.4, 0.5) is 5.69 Å². The van der Waals surface area contributed by atoms with Gasteiger partial charge < -0.3 is 10.2 Å². The van der Waals surface area contributed by atoms with Crippen molar-refractivity contribution in [1.82, 2.24) is 30.3 Å². The average molecular weight is 379 g/mol. The summed E-state index contributed by atoms with van der Waals surface area (Å²) in [5.74, 6) is -0.0255. The van der Waals surface area contributed by atoms with E-state index in [9.17, 15) is 9.59 Å². The van der Waals surface area contributed by atoms with Crippen LogP contribution in [0, 0.1) is 0 Å². The lowest BCUT2D eigenvalue weighted by Gasteiger charge is -2.20. The lowest BCUT2D eigenvalue weighted by molar-refractivity contribution is -0.120. The normalized spacial score (nSPS) is 16.6. The van der Waals surface area contributed by atoms with Crippen molar-refractivity contribution < 1.29 is 9.59 Å². The van der Waals surface area contributed by atoms with Gasteiger partial charge in [-0.1, -0.05) is 30.3 Å². The first kappa shape index (κ1) is 17.9. The quantitative estimate of drug-likeness (QED) is 0.698. The number of amides is 2. The molecular formula is C19H21N7O2. The Bertz CT molecular complexity index is 1010. The molecule has 9 heteroatoms. The van der Waals surface area contributed by atoms with Crippen LogP contribution in [0.3, 0.4) is 0 Å². The van der Waals surface area contributed by atoms with E-state index in [4.69, 9.17) is 0 Å². The molecule has 144 valence electrons. The molecule has 4 rings (SSSR count). The van der Waals surface area contributed by atoms with Gasteiger partial charge in [0.15, 0.2) is 0 Å². The summed E-state index contributed by atoms with van der Waals surface area (Å²) in [7, 11) is 3.51. The van der Waals surface area contributed by atoms with Gasteiger partial charge in [-0.05, 0) is 18.4 Å². The monoisotopic (exact) mass is 379 g/mol. The summed E-state index contributed by atoms with van der Waals surface area (Å²) in [6, 6.07) is 9.15. The minimum Gasteiger partial charge on any atom is -0.337 e. The maximum Gasteiger partial charge on any atom is 0.291 e. The topological polar surface area (TPSA) is 109 Å². The summed E-state index contributed by atoms with van der Waals surface area (Å²) < 4.78 is 1.69. The number of hydrogen-bond acceptors (Lipinski definition) is 5. The zero-order valence-corrected chi connectivity index (χ0v) is 15.7. The number of H-pyrrole nitrogens is 1. The number of aryl methyl sites for hydroxylation is 2. The highest BCUT2D eigenvalue weighted by molar-refractivity contribution is 6.01. The minimum absolute atomic E-state index is 0.0297. The summed E-state index contributed by atoms with van der Waals surface area (Å²) in [5, 5.41) is 13.9. The number of carbonyl (C=O) groups is 2. The lowest BCUT2D eigenvalue weighted by Crippen LogP contribution is -2.47. The van der Waals surface area contributed by atoms with E-state index in [-0.39, 0.29) is 11.7 Å². The van der Waals surface area contributed by atoms with Crippen LogP contribution in [-0.2, 0) is 24.7 Å². The first-order chi connectivity index (χ1) is 13.5. The Labute approximate surface area is 161 Å². The van der Waals surface area contributed by atoms with Gasteiger partial charge in [-0.25, -0.2) is 4.98 Å². The molecule has 0 fully saturated rings. The second-order valence-corrected chi connectivity index (χ2v) is 6.86. The number of hydrogen-bond donors (Lipinski definition) is 2. The van der Waals surface area contributed by atoms with E-state index in [1.165, 1.54) is 0 Å². The van der Waals surface area contributed by atoms with Crippen molar-refractivity contribution in [2.45, 2.75) is 25.3 Å². The Morgan fingerprint density at radius 2 is 2.07 bits per heavy atom. The third-order valence-corrected chi connectivity index (χ3v) is 4.80. The van der Waals surface area contributed by atoms with Crippen LogP contribution < -0.4 is 10.2 Å². The maximum atomic E-state index is 12.8. The molecule has 0 radical (unpaired) electrons. The molecule has 0 aliphatic carbocycles. The summed E-state index contributed by atoms with van der Waals surface area (Å²) in [6.45, 7) is 0. The number of fused-ring (bicyclic) bond motifs is 1. The van der Waals surface area contributed by atoms with Crippen molar-refractivity contribution >= 4 is 17.5 Å². The summed E-state index contributed by atoms with van der Waals surface area (Å²) in [4.78, 5) is 31.1. The van der Waals surface area contributed by atoms with E-state index in [0.717, 1.165) is 16.9 Å². The Morgan fingerprint density at radius 1 is 1.29 bits per heavy atom. The number of nitrogens with one attached hydrogen (secondary N) is 2. The van der Waals surface area contributed by atoms with Crippen molar-refractivity contribution in [2.24, 2.45) is 7.05 Å². The summed E-state index contributed by atoms with van der Waals surface area (Å²) in [5.41, 5.74) is 2.68. The van der Waals surface area contributed by atoms with Crippen LogP contribution in [0.15, 0.2) is 36.5 Å². The molecule has 1 unspecified atom stereocenters. The van der Waals surface area contributed by atoms with E-state index in [1.807, 2.05) is 43.6 Å². The molecule has 1 aliphatic heterocycles. The largest absolute Gasteiger partial charge is 0.337 e. The van der Waals surface area contributed by atoms with Gasteiger partial charge in [0.05, 0.1) is 11.4 Å². The molecule has 2 amide bonds. The minimum atomic E-state index is -0.645. The van der Waals surface area contributed by atoms with Crippen molar-refractivity contribution in [3.8, 4) is 0 Å². The van der Waals surface area contributed by atoms with Gasteiger partial charge in [0.2, 0.25) is 11.7 Å². The van der Waals surface area contributed by atoms with Crippen LogP contribution in [0.5, 0.6) is 0 Å². The van der Waals surface area contributed by atoms with Gasteiger partial charge in [0.25, 0.3) is 5.91 Å². The molecule has 2 N–H and O–H groups in total. The molecule has 0 spiro atoms. The molecule has 1 aliphatic rings. The fourth-order valence-electron chi connectivity index (χ4n) is 3.36. The predicted molar refractivity (Wildman–Crippen MR) is 102 cm³/mol. The zero-order valence-electron chi connectivity index (χ0n) is 15.7. The fraction of sp³-hybridized carbons (Fsp3) is 0.316. The maximum absolute atomic E-state index is 12.8. The SMILES string of the molecule is CN1C(=O)C(NC(=O)c2n[nH]c(Cc3ccccc3)n2)CCc2nn(C)cc21. The van der Waals surface area contributed by atoms with Crippen molar-refractivity contribution in [3.63, 3.8) is 0 Å². The van der Waals surface area contributed by atoms with E-state index in [1.54, 1.807) is 16.6 Å². The number of anilines is 1. The molecule has 2 aromatic heterocycles. The molecule has 28 heavy (non-hydrogen) atoms. The molecule has 0 bridgehead atoms. The molecule has 0 saturated carbocycles. The molecule has 1 aromatic carbocycles. The highest BCUT2D eigenvalue weighted by Gasteiger charge is 2.31. The highest BCUT2D eigenvalue weighted by atomic mass is 16.2. The molecule has 3 aromatic rings. The van der Waals surface area contributed by atoms with Crippen LogP contribution >= 0.6 is 0 Å². The average Bonchev–Trinajstić information content (AvgIpc) is 3.28. The van der Waals surface area contributed by atoms with Gasteiger partial charge in [-0.15, -0.1) is 5.10 Å². The van der Waals surface area contributed by atoms with Gasteiger partial charge in [-0.2, -0.15) is 5.10 Å². The van der Waals surface area contributed by atoms with Crippen LogP contribution in [-0.4, -0.2) is 49.9 Å². The first-order valence-electron chi connectivity index (χ1n) is 9.07. The number of nitrogens with zero attached hydrogens (tertiary/aromatic N) is 5. The van der Waals surface area contributed by atoms with Crippen molar-refractivity contribution in [2.75, 3.05) is 11.9 Å². The number of rotatable bonds is 4. The first-order valence-corrected chi connectivity index (χ1v) is 9.07. The van der Waals surface area contributed by atoms with Gasteiger partial charge >= 0.3 is 0 Å². The van der Waals surface area contributed by atoms with E-state index in [0.29, 0.717) is 25.1 Å². The van der Waals surface area contributed by atoms with E-state index in [2.05, 4.69) is 25.6 Å². The highest BCUT2D eigenvalue weighted by Crippen LogP contribution is 2.24. The molecule has 9 nitrogen and oxygen atoms in total. The van der Waals surface area contributed by atoms with Crippen LogP contribution in [0.1, 0.15) is 34.1 Å². The molecule has 0 saturated heterocycles. The number of likely N-dealkylation sites (N-methyl/N-ethyl adjacent to an activating group) is 1. The fourth-order valence-corrected chi connectivity index (χ4v) is 3.36. The molecular weight excluding hydrogens is 358 g/mol. The Hall–Kier alpha value is -3.49. The van der Waals surface area contributed by atoms with Gasteiger partial charge in [0, 0.05) is 26.7 Å². The van der Waals surface area contributed by atoms with Crippen LogP contribution in [0.25, 0.3) is 0 Å². The number of aromatic nitrogens is 5. The van der Waals surface area contributed by atoms with Gasteiger partial charge in [-0.3, -0.25) is 19.4 Å². The third-order valence-electron chi connectivity index (χ3n) is 4.80. The summed E-state index contributed by atoms with van der Waals surface area (Å²) in [6.07, 6.45) is 3.43. The van der Waals surface area contributed by atoms with E-state index >= 15 is 0 Å². The second kappa shape index (κ2) is 7.26. The van der Waals surface area contributed by atoms with Crippen molar-refractivity contribution in [1.29, 1.82) is 0 Å². The number of benzene rings is 1. The predicted octanol–water partition coefficient (Wildman–Crippen LogP) is 0.837. The summed E-state index contributed by atoms with van der Waals surface area (Å²) >= 11 is 0. The molecule has 1 atom stereocenters. The van der Waals surface area contributed by atoms with Gasteiger partial charge in [0.1, 0.15) is 11.9 Å².